The van der Waals surface area contributed by atoms with E-state index in [1.54, 1.807) is 4.57 Å². The molecule has 0 aliphatic heterocycles. The second-order valence-electron chi connectivity index (χ2n) is 18.3. The van der Waals surface area contributed by atoms with E-state index in [0.717, 1.165) is 60.9 Å². The maximum absolute atomic E-state index is 12.4. The summed E-state index contributed by atoms with van der Waals surface area (Å²) in [5, 5.41) is 15.9. The van der Waals surface area contributed by atoms with Gasteiger partial charge in [0.2, 0.25) is 5.69 Å². The first kappa shape index (κ1) is 31.6. The molecule has 0 aliphatic carbocycles. The van der Waals surface area contributed by atoms with Crippen LogP contribution in [-0.2, 0) is 0 Å². The van der Waals surface area contributed by atoms with E-state index in [-0.39, 0.29) is 96.7 Å². The van der Waals surface area contributed by atoms with E-state index >= 15 is 0 Å². The van der Waals surface area contributed by atoms with Crippen LogP contribution in [0.15, 0.2) is 223 Å². The highest BCUT2D eigenvalue weighted by molar-refractivity contribution is 7.27. The topological polar surface area (TPSA) is 51.1 Å². The molecule has 75 heavy (non-hydrogen) atoms. The molecule has 0 spiro atoms. The third-order valence-electron chi connectivity index (χ3n) is 14.5. The van der Waals surface area contributed by atoms with Crippen LogP contribution in [0.3, 0.4) is 0 Å². The Morgan fingerprint density at radius 1 is 0.480 bits per heavy atom. The van der Waals surface area contributed by atoms with Gasteiger partial charge in [-0.25, -0.2) is 4.85 Å². The molecule has 346 valence electrons. The van der Waals surface area contributed by atoms with E-state index in [1.165, 1.54) is 0 Å². The van der Waals surface area contributed by atoms with Crippen LogP contribution >= 0.6 is 22.7 Å². The monoisotopic (exact) mass is 1000 g/mol. The highest BCUT2D eigenvalue weighted by atomic mass is 32.1. The zero-order chi connectivity index (χ0) is 59.9. The van der Waals surface area contributed by atoms with Crippen LogP contribution in [0.25, 0.3) is 155 Å². The van der Waals surface area contributed by atoms with Gasteiger partial charge in [0.25, 0.3) is 0 Å². The average molecular weight is 1000 g/mol. The lowest BCUT2D eigenvalue weighted by atomic mass is 9.88. The fraction of sp³-hybridized carbons (Fsp3) is 0. The number of nitrogens with zero attached hydrogens (tertiary/aromatic N) is 4. The lowest BCUT2D eigenvalue weighted by Gasteiger charge is -2.26. The van der Waals surface area contributed by atoms with Crippen molar-refractivity contribution in [1.82, 2.24) is 9.13 Å². The molecule has 16 aromatic rings. The minimum absolute atomic E-state index is 0.00151. The van der Waals surface area contributed by atoms with Crippen LogP contribution in [0, 0.1) is 17.9 Å². The number of fused-ring (bicyclic) bond motifs is 17. The van der Waals surface area contributed by atoms with Gasteiger partial charge in [0.1, 0.15) is 17.2 Å². The predicted molar refractivity (Wildman–Crippen MR) is 315 cm³/mol. The highest BCUT2D eigenvalue weighted by Crippen LogP contribution is 2.55. The van der Waals surface area contributed by atoms with Crippen molar-refractivity contribution in [2.45, 2.75) is 0 Å². The number of furan rings is 1. The first-order valence-electron chi connectivity index (χ1n) is 30.0. The Kier molecular flexibility index (Phi) is 6.70. The number of aromatic nitrogens is 2. The molecule has 0 unspecified atom stereocenters. The fourth-order valence-electron chi connectivity index (χ4n) is 11.5. The van der Waals surface area contributed by atoms with Gasteiger partial charge in [0.15, 0.2) is 0 Å². The highest BCUT2D eigenvalue weighted by Gasteiger charge is 2.33. The molecule has 5 nitrogen and oxygen atoms in total. The minimum Gasteiger partial charge on any atom is -0.455 e. The number of rotatable bonds is 5. The third-order valence-corrected chi connectivity index (χ3v) is 16.7. The van der Waals surface area contributed by atoms with Crippen molar-refractivity contribution in [3.63, 3.8) is 0 Å². The van der Waals surface area contributed by atoms with Gasteiger partial charge < -0.3 is 13.6 Å². The molecule has 0 fully saturated rings. The lowest BCUT2D eigenvalue weighted by Crippen LogP contribution is -2.09. The number of hydrogen-bond acceptors (Lipinski definition) is 4. The lowest BCUT2D eigenvalue weighted by molar-refractivity contribution is 0.670. The van der Waals surface area contributed by atoms with Crippen molar-refractivity contribution < 1.29 is 20.9 Å². The van der Waals surface area contributed by atoms with Gasteiger partial charge in [-0.1, -0.05) is 188 Å². The molecule has 16 rings (SSSR count). The molecule has 11 aromatic carbocycles. The fourth-order valence-corrected chi connectivity index (χ4v) is 13.7. The SMILES string of the molecule is [2H]c1c([2H])c([2H])c2c(sc3c2c([2H])c([2H])c2c4c([2H])c([2H])c5c(sc6c([2H])c([2H])c([2H])c([2H])c65)c4n(-c4c(C#N)c(-c5ccccc5)c([N+]#[C-])c(-n5c6ccccc6c6c(-c7cccc8c7oc7ccccc78)cccc65)c4-c4ccccc4)c32)c1[2H]. The van der Waals surface area contributed by atoms with Gasteiger partial charge in [0, 0.05) is 80.0 Å². The molecule has 7 heteroatoms. The Balaban J connectivity index is 1.21. The van der Waals surface area contributed by atoms with Crippen molar-refractivity contribution in [2.24, 2.45) is 0 Å². The van der Waals surface area contributed by atoms with Crippen molar-refractivity contribution in [2.75, 3.05) is 0 Å². The summed E-state index contributed by atoms with van der Waals surface area (Å²) in [6.45, 7) is 9.51. The third kappa shape index (κ3) is 5.74. The van der Waals surface area contributed by atoms with Gasteiger partial charge in [-0.05, 0) is 47.0 Å². The summed E-state index contributed by atoms with van der Waals surface area (Å²) in [7, 11) is 0. The van der Waals surface area contributed by atoms with Gasteiger partial charge >= 0.3 is 0 Å². The molecular weight excluding hydrogens is 953 g/mol. The number of nitriles is 1. The van der Waals surface area contributed by atoms with Crippen molar-refractivity contribution >= 4 is 134 Å². The molecule has 0 saturated heterocycles. The molecule has 0 radical (unpaired) electrons. The molecule has 5 heterocycles. The molecule has 0 amide bonds. The van der Waals surface area contributed by atoms with Crippen LogP contribution in [0.2, 0.25) is 0 Å². The Labute approximate surface area is 453 Å². The first-order valence-corrected chi connectivity index (χ1v) is 25.6. The Bertz CT molecular complexity index is 5790. The predicted octanol–water partition coefficient (Wildman–Crippen LogP) is 19.9. The second-order valence-corrected chi connectivity index (χ2v) is 20.3. The minimum atomic E-state index is -0.549. The van der Waals surface area contributed by atoms with E-state index in [0.29, 0.717) is 39.0 Å². The summed E-state index contributed by atoms with van der Waals surface area (Å²) in [6, 6.07) is 43.3. The molecule has 0 saturated carbocycles. The molecule has 5 aromatic heterocycles. The maximum atomic E-state index is 12.4. The molecule has 0 N–H and O–H groups in total. The summed E-state index contributed by atoms with van der Waals surface area (Å²) < 4.78 is 124. The number of thiophene rings is 2. The maximum Gasteiger partial charge on any atom is 0.220 e. The molecule has 0 atom stereocenters. The van der Waals surface area contributed by atoms with Crippen molar-refractivity contribution in [3.8, 4) is 50.8 Å². The van der Waals surface area contributed by atoms with Crippen LogP contribution in [0.1, 0.15) is 22.0 Å². The molecular formula is C68H36N4OS2. The largest absolute Gasteiger partial charge is 0.455 e. The summed E-state index contributed by atoms with van der Waals surface area (Å²) in [5.41, 5.74) is 6.71. The van der Waals surface area contributed by atoms with Crippen LogP contribution < -0.4 is 0 Å². The van der Waals surface area contributed by atoms with Crippen LogP contribution in [0.4, 0.5) is 5.69 Å². The average Bonchev–Trinajstić information content (AvgIpc) is 1.56. The zero-order valence-electron chi connectivity index (χ0n) is 50.9. The van der Waals surface area contributed by atoms with E-state index in [4.69, 9.17) is 9.90 Å². The van der Waals surface area contributed by atoms with Crippen molar-refractivity contribution in [1.29, 1.82) is 5.26 Å². The summed E-state index contributed by atoms with van der Waals surface area (Å²) in [4.78, 5) is 4.48. The standard InChI is InChI=1S/C68H36N4OS2/c1-70-61-58(39-18-4-2-5-19-39)52(38-69)62(72-63-45(34-36-49-42-23-10-14-32-56(42)74-67(49)63)46-35-37-50-43-24-11-15-33-57(43)75-68(50)64(46)72)59(40-20-6-3-7-21-40)65(61)71-53-29-12-8-25-51(53)60-44(26-17-30-54(60)71)48-28-16-27-47-41-22-9-13-31-55(41)73-66(47)48/h2-37H/i10D,11D,14D,15D,23D,24D,32D,33D,34D,35D,36D,37D. The van der Waals surface area contributed by atoms with Gasteiger partial charge in [-0.15, -0.1) is 22.7 Å². The molecule has 0 aliphatic rings. The Morgan fingerprint density at radius 3 is 1.69 bits per heavy atom. The van der Waals surface area contributed by atoms with Crippen molar-refractivity contribution in [3.05, 3.63) is 235 Å². The zero-order valence-corrected chi connectivity index (χ0v) is 40.5. The van der Waals surface area contributed by atoms with Crippen LogP contribution in [-0.4, -0.2) is 9.13 Å². The summed E-state index contributed by atoms with van der Waals surface area (Å²) >= 11 is 1.94. The first-order chi connectivity index (χ1) is 42.2. The van der Waals surface area contributed by atoms with Gasteiger partial charge in [0.05, 0.1) is 71.4 Å². The summed E-state index contributed by atoms with van der Waals surface area (Å²) in [5.74, 6) is 0. The van der Waals surface area contributed by atoms with E-state index in [2.05, 4.69) is 10.9 Å². The van der Waals surface area contributed by atoms with Gasteiger partial charge in [-0.3, -0.25) is 0 Å². The second kappa shape index (κ2) is 15.9. The number of hydrogen-bond donors (Lipinski definition) is 0. The Morgan fingerprint density at radius 2 is 1.03 bits per heavy atom. The van der Waals surface area contributed by atoms with Crippen LogP contribution in [0.5, 0.6) is 0 Å². The number of benzene rings is 11. The summed E-state index contributed by atoms with van der Waals surface area (Å²) in [6.07, 6.45) is 0. The number of para-hydroxylation sites is 3. The van der Waals surface area contributed by atoms with Gasteiger partial charge in [-0.2, -0.15) is 5.26 Å². The van der Waals surface area contributed by atoms with E-state index in [1.807, 2.05) is 150 Å². The van der Waals surface area contributed by atoms with E-state index < -0.39 is 60.4 Å². The smallest absolute Gasteiger partial charge is 0.220 e. The quantitative estimate of drug-likeness (QED) is 0.161. The Hall–Kier alpha value is -9.76. The van der Waals surface area contributed by atoms with E-state index in [9.17, 15) is 22.8 Å². The molecule has 0 bridgehead atoms. The normalized spacial score (nSPS) is 14.2.